The van der Waals surface area contributed by atoms with Crippen molar-refractivity contribution in [2.45, 2.75) is 25.8 Å². The summed E-state index contributed by atoms with van der Waals surface area (Å²) >= 11 is 5.45. The van der Waals surface area contributed by atoms with Crippen LogP contribution < -0.4 is 10.1 Å². The SMILES string of the molecule is CCc1ccsc1C(NC)c1cc(Br)cc2c1OCC2. The maximum absolute atomic E-state index is 5.88. The zero-order valence-electron chi connectivity index (χ0n) is 11.7. The maximum atomic E-state index is 5.88. The molecule has 0 amide bonds. The fraction of sp³-hybridized carbons (Fsp3) is 0.375. The van der Waals surface area contributed by atoms with Crippen LogP contribution in [0.4, 0.5) is 0 Å². The van der Waals surface area contributed by atoms with Crippen molar-refractivity contribution in [3.8, 4) is 5.75 Å². The molecule has 2 nitrogen and oxygen atoms in total. The molecule has 2 aromatic rings. The minimum absolute atomic E-state index is 0.203. The number of nitrogens with one attached hydrogen (secondary N) is 1. The molecule has 20 heavy (non-hydrogen) atoms. The van der Waals surface area contributed by atoms with Gasteiger partial charge in [-0.3, -0.25) is 0 Å². The third-order valence-corrected chi connectivity index (χ3v) is 5.28. The van der Waals surface area contributed by atoms with Crippen molar-refractivity contribution in [3.05, 3.63) is 49.6 Å². The monoisotopic (exact) mass is 351 g/mol. The van der Waals surface area contributed by atoms with Crippen LogP contribution in [0.2, 0.25) is 0 Å². The number of ether oxygens (including phenoxy) is 1. The van der Waals surface area contributed by atoms with Crippen LogP contribution in [0.1, 0.15) is 34.5 Å². The molecule has 0 fully saturated rings. The first-order chi connectivity index (χ1) is 9.74. The van der Waals surface area contributed by atoms with Gasteiger partial charge in [0.25, 0.3) is 0 Å². The van der Waals surface area contributed by atoms with Gasteiger partial charge in [0.05, 0.1) is 12.6 Å². The Hall–Kier alpha value is -0.840. The molecule has 0 bridgehead atoms. The predicted octanol–water partition coefficient (Wildman–Crippen LogP) is 4.32. The highest BCUT2D eigenvalue weighted by molar-refractivity contribution is 9.10. The van der Waals surface area contributed by atoms with Crippen LogP contribution in [-0.2, 0) is 12.8 Å². The highest BCUT2D eigenvalue weighted by Gasteiger charge is 2.25. The van der Waals surface area contributed by atoms with Gasteiger partial charge in [0.1, 0.15) is 5.75 Å². The zero-order chi connectivity index (χ0) is 14.1. The number of benzene rings is 1. The number of fused-ring (bicyclic) bond motifs is 1. The average Bonchev–Trinajstić information content (AvgIpc) is 3.07. The molecule has 0 saturated heterocycles. The van der Waals surface area contributed by atoms with Crippen LogP contribution in [0.3, 0.4) is 0 Å². The first-order valence-corrected chi connectivity index (χ1v) is 8.60. The van der Waals surface area contributed by atoms with Crippen LogP contribution in [-0.4, -0.2) is 13.7 Å². The van der Waals surface area contributed by atoms with Crippen molar-refractivity contribution in [2.24, 2.45) is 0 Å². The molecular weight excluding hydrogens is 334 g/mol. The van der Waals surface area contributed by atoms with Crippen molar-refractivity contribution in [1.29, 1.82) is 0 Å². The summed E-state index contributed by atoms with van der Waals surface area (Å²) in [6, 6.07) is 6.79. The van der Waals surface area contributed by atoms with Gasteiger partial charge in [-0.15, -0.1) is 11.3 Å². The van der Waals surface area contributed by atoms with E-state index < -0.39 is 0 Å². The van der Waals surface area contributed by atoms with E-state index in [1.54, 1.807) is 0 Å². The Morgan fingerprint density at radius 1 is 1.45 bits per heavy atom. The Morgan fingerprint density at radius 3 is 3.05 bits per heavy atom. The molecule has 0 aliphatic carbocycles. The molecule has 4 heteroatoms. The van der Waals surface area contributed by atoms with Gasteiger partial charge in [-0.2, -0.15) is 0 Å². The summed E-state index contributed by atoms with van der Waals surface area (Å²) in [5, 5.41) is 5.64. The van der Waals surface area contributed by atoms with Crippen molar-refractivity contribution in [1.82, 2.24) is 5.32 Å². The standard InChI is InChI=1S/C16H18BrNOS/c1-3-10-5-7-20-16(10)14(18-2)13-9-12(17)8-11-4-6-19-15(11)13/h5,7-9,14,18H,3-4,6H2,1-2H3. The summed E-state index contributed by atoms with van der Waals surface area (Å²) in [7, 11) is 2.02. The molecule has 2 heterocycles. The van der Waals surface area contributed by atoms with E-state index in [0.29, 0.717) is 0 Å². The topological polar surface area (TPSA) is 21.3 Å². The molecule has 1 aromatic carbocycles. The molecule has 1 unspecified atom stereocenters. The fourth-order valence-corrected chi connectivity index (χ4v) is 4.48. The number of rotatable bonds is 4. The van der Waals surface area contributed by atoms with Crippen LogP contribution >= 0.6 is 27.3 Å². The van der Waals surface area contributed by atoms with E-state index in [0.717, 1.165) is 29.7 Å². The highest BCUT2D eigenvalue weighted by atomic mass is 79.9. The predicted molar refractivity (Wildman–Crippen MR) is 87.9 cm³/mol. The van der Waals surface area contributed by atoms with Crippen molar-refractivity contribution in [3.63, 3.8) is 0 Å². The molecule has 0 radical (unpaired) electrons. The highest BCUT2D eigenvalue weighted by Crippen LogP contribution is 2.40. The zero-order valence-corrected chi connectivity index (χ0v) is 14.1. The van der Waals surface area contributed by atoms with Gasteiger partial charge < -0.3 is 10.1 Å². The lowest BCUT2D eigenvalue weighted by atomic mass is 9.98. The van der Waals surface area contributed by atoms with E-state index >= 15 is 0 Å². The summed E-state index contributed by atoms with van der Waals surface area (Å²) in [5.41, 5.74) is 3.97. The van der Waals surface area contributed by atoms with Crippen molar-refractivity contribution >= 4 is 27.3 Å². The smallest absolute Gasteiger partial charge is 0.127 e. The summed E-state index contributed by atoms with van der Waals surface area (Å²) in [6.07, 6.45) is 2.07. The minimum Gasteiger partial charge on any atom is -0.493 e. The Morgan fingerprint density at radius 2 is 2.30 bits per heavy atom. The summed E-state index contributed by atoms with van der Waals surface area (Å²) in [5.74, 6) is 1.07. The second-order valence-corrected chi connectivity index (χ2v) is 6.83. The molecular formula is C16H18BrNOS. The Kier molecular flexibility index (Phi) is 4.15. The molecule has 3 rings (SSSR count). The second-order valence-electron chi connectivity index (χ2n) is 4.97. The van der Waals surface area contributed by atoms with Gasteiger partial charge in [0.15, 0.2) is 0 Å². The largest absolute Gasteiger partial charge is 0.493 e. The molecule has 1 aromatic heterocycles. The molecule has 0 spiro atoms. The van der Waals surface area contributed by atoms with E-state index in [9.17, 15) is 0 Å². The van der Waals surface area contributed by atoms with E-state index in [4.69, 9.17) is 4.74 Å². The van der Waals surface area contributed by atoms with Crippen LogP contribution in [0.5, 0.6) is 5.75 Å². The lowest BCUT2D eigenvalue weighted by molar-refractivity contribution is 0.351. The van der Waals surface area contributed by atoms with E-state index in [1.165, 1.54) is 21.6 Å². The third-order valence-electron chi connectivity index (χ3n) is 3.80. The second kappa shape index (κ2) is 5.88. The summed E-state index contributed by atoms with van der Waals surface area (Å²) in [4.78, 5) is 1.39. The van der Waals surface area contributed by atoms with Crippen molar-refractivity contribution in [2.75, 3.05) is 13.7 Å². The van der Waals surface area contributed by atoms with Gasteiger partial charge in [-0.05, 0) is 48.2 Å². The number of hydrogen-bond acceptors (Lipinski definition) is 3. The lowest BCUT2D eigenvalue weighted by Crippen LogP contribution is -2.18. The van der Waals surface area contributed by atoms with Crippen LogP contribution in [0.15, 0.2) is 28.1 Å². The summed E-state index contributed by atoms with van der Waals surface area (Å²) < 4.78 is 7.01. The van der Waals surface area contributed by atoms with Crippen LogP contribution in [0, 0.1) is 0 Å². The Bertz CT molecular complexity index is 623. The minimum atomic E-state index is 0.203. The average molecular weight is 352 g/mol. The fourth-order valence-electron chi connectivity index (χ4n) is 2.83. The van der Waals surface area contributed by atoms with Gasteiger partial charge in [0, 0.05) is 21.3 Å². The molecule has 1 N–H and O–H groups in total. The first kappa shape index (κ1) is 14.1. The molecule has 1 aliphatic heterocycles. The Balaban J connectivity index is 2.11. The molecule has 1 atom stereocenters. The Labute approximate surface area is 132 Å². The van der Waals surface area contributed by atoms with Gasteiger partial charge >= 0.3 is 0 Å². The molecule has 1 aliphatic rings. The van der Waals surface area contributed by atoms with Gasteiger partial charge in [-0.25, -0.2) is 0 Å². The van der Waals surface area contributed by atoms with Crippen LogP contribution in [0.25, 0.3) is 0 Å². The molecule has 0 saturated carbocycles. The van der Waals surface area contributed by atoms with Crippen molar-refractivity contribution < 1.29 is 4.74 Å². The first-order valence-electron chi connectivity index (χ1n) is 6.93. The summed E-state index contributed by atoms with van der Waals surface area (Å²) in [6.45, 7) is 3.00. The molecule has 106 valence electrons. The van der Waals surface area contributed by atoms with Gasteiger partial charge in [0.2, 0.25) is 0 Å². The lowest BCUT2D eigenvalue weighted by Gasteiger charge is -2.20. The van der Waals surface area contributed by atoms with Gasteiger partial charge in [-0.1, -0.05) is 22.9 Å². The quantitative estimate of drug-likeness (QED) is 0.885. The number of hydrogen-bond donors (Lipinski definition) is 1. The number of aryl methyl sites for hydroxylation is 1. The number of halogens is 1. The maximum Gasteiger partial charge on any atom is 0.127 e. The van der Waals surface area contributed by atoms with E-state index in [1.807, 2.05) is 18.4 Å². The number of thiophene rings is 1. The third kappa shape index (κ3) is 2.41. The van der Waals surface area contributed by atoms with E-state index in [-0.39, 0.29) is 6.04 Å². The normalized spacial score (nSPS) is 14.9. The van der Waals surface area contributed by atoms with E-state index in [2.05, 4.69) is 51.7 Å².